The summed E-state index contributed by atoms with van der Waals surface area (Å²) in [5, 5.41) is 3.35. The van der Waals surface area contributed by atoms with E-state index >= 15 is 0 Å². The average Bonchev–Trinajstić information content (AvgIpc) is 2.43. The number of nitrogens with zero attached hydrogens (tertiary/aromatic N) is 2. The summed E-state index contributed by atoms with van der Waals surface area (Å²) in [6.45, 7) is 11.4. The number of aromatic nitrogens is 2. The summed E-state index contributed by atoms with van der Waals surface area (Å²) < 4.78 is 0. The summed E-state index contributed by atoms with van der Waals surface area (Å²) in [7, 11) is 0. The summed E-state index contributed by atoms with van der Waals surface area (Å²) in [6.07, 6.45) is 1.84. The lowest BCUT2D eigenvalue weighted by Crippen LogP contribution is -2.23. The molecule has 106 valence electrons. The standard InChI is InChI=1S/C17H23N3/c1-11(2)19-10-17-18-9-8-16(20-17)15-7-6-12(3)13(4)14(15)5/h6-9,11,19H,10H2,1-5H3. The first-order valence-electron chi connectivity index (χ1n) is 7.11. The van der Waals surface area contributed by atoms with Crippen molar-refractivity contribution in [1.82, 2.24) is 15.3 Å². The van der Waals surface area contributed by atoms with Gasteiger partial charge in [0.1, 0.15) is 5.82 Å². The second-order valence-corrected chi connectivity index (χ2v) is 5.57. The first-order valence-corrected chi connectivity index (χ1v) is 7.11. The SMILES string of the molecule is Cc1ccc(-c2ccnc(CNC(C)C)n2)c(C)c1C. The first kappa shape index (κ1) is 14.7. The molecule has 0 saturated heterocycles. The quantitative estimate of drug-likeness (QED) is 0.922. The molecule has 20 heavy (non-hydrogen) atoms. The molecule has 2 aromatic rings. The van der Waals surface area contributed by atoms with Crippen molar-refractivity contribution in [3.05, 3.63) is 46.9 Å². The summed E-state index contributed by atoms with van der Waals surface area (Å²) in [5.74, 6) is 0.842. The predicted molar refractivity (Wildman–Crippen MR) is 83.7 cm³/mol. The molecule has 3 nitrogen and oxygen atoms in total. The van der Waals surface area contributed by atoms with Gasteiger partial charge in [-0.2, -0.15) is 0 Å². The highest BCUT2D eigenvalue weighted by Crippen LogP contribution is 2.25. The maximum Gasteiger partial charge on any atom is 0.142 e. The van der Waals surface area contributed by atoms with Crippen LogP contribution in [0.3, 0.4) is 0 Å². The van der Waals surface area contributed by atoms with Crippen LogP contribution in [0.2, 0.25) is 0 Å². The highest BCUT2D eigenvalue weighted by molar-refractivity contribution is 5.65. The minimum absolute atomic E-state index is 0.436. The van der Waals surface area contributed by atoms with E-state index in [2.05, 4.69) is 62.0 Å². The van der Waals surface area contributed by atoms with Gasteiger partial charge in [-0.3, -0.25) is 0 Å². The molecule has 1 aromatic carbocycles. The lowest BCUT2D eigenvalue weighted by molar-refractivity contribution is 0.572. The number of hydrogen-bond acceptors (Lipinski definition) is 3. The van der Waals surface area contributed by atoms with Crippen molar-refractivity contribution in [2.24, 2.45) is 0 Å². The van der Waals surface area contributed by atoms with Crippen LogP contribution >= 0.6 is 0 Å². The molecule has 0 fully saturated rings. The predicted octanol–water partition coefficient (Wildman–Crippen LogP) is 3.57. The fraction of sp³-hybridized carbons (Fsp3) is 0.412. The number of hydrogen-bond donors (Lipinski definition) is 1. The highest BCUT2D eigenvalue weighted by Gasteiger charge is 2.08. The Balaban J connectivity index is 2.34. The van der Waals surface area contributed by atoms with E-state index in [1.165, 1.54) is 22.3 Å². The highest BCUT2D eigenvalue weighted by atomic mass is 15.0. The van der Waals surface area contributed by atoms with Gasteiger partial charge in [-0.25, -0.2) is 9.97 Å². The van der Waals surface area contributed by atoms with E-state index in [0.717, 1.165) is 11.5 Å². The van der Waals surface area contributed by atoms with Crippen LogP contribution in [-0.2, 0) is 6.54 Å². The molecular weight excluding hydrogens is 246 g/mol. The number of nitrogens with one attached hydrogen (secondary N) is 1. The molecular formula is C17H23N3. The Bertz CT molecular complexity index is 603. The van der Waals surface area contributed by atoms with Crippen LogP contribution in [0.4, 0.5) is 0 Å². The van der Waals surface area contributed by atoms with Crippen molar-refractivity contribution in [1.29, 1.82) is 0 Å². The molecule has 0 aliphatic carbocycles. The van der Waals surface area contributed by atoms with Crippen LogP contribution in [0.15, 0.2) is 24.4 Å². The summed E-state index contributed by atoms with van der Waals surface area (Å²) in [4.78, 5) is 9.01. The zero-order valence-corrected chi connectivity index (χ0v) is 13.0. The maximum atomic E-state index is 4.67. The van der Waals surface area contributed by atoms with Crippen molar-refractivity contribution >= 4 is 0 Å². The average molecular weight is 269 g/mol. The zero-order chi connectivity index (χ0) is 14.7. The Hall–Kier alpha value is -1.74. The van der Waals surface area contributed by atoms with Crippen LogP contribution in [0.25, 0.3) is 11.3 Å². The molecule has 1 heterocycles. The van der Waals surface area contributed by atoms with Crippen LogP contribution in [-0.4, -0.2) is 16.0 Å². The van der Waals surface area contributed by atoms with Crippen LogP contribution in [0.1, 0.15) is 36.4 Å². The summed E-state index contributed by atoms with van der Waals surface area (Å²) in [6, 6.07) is 6.73. The third kappa shape index (κ3) is 3.23. The second kappa shape index (κ2) is 6.14. The van der Waals surface area contributed by atoms with E-state index in [-0.39, 0.29) is 0 Å². The van der Waals surface area contributed by atoms with Gasteiger partial charge in [0.05, 0.1) is 12.2 Å². The minimum Gasteiger partial charge on any atom is -0.308 e. The van der Waals surface area contributed by atoms with E-state index in [1.807, 2.05) is 12.3 Å². The van der Waals surface area contributed by atoms with E-state index < -0.39 is 0 Å². The van der Waals surface area contributed by atoms with Gasteiger partial charge >= 0.3 is 0 Å². The van der Waals surface area contributed by atoms with E-state index in [4.69, 9.17) is 0 Å². The van der Waals surface area contributed by atoms with Crippen molar-refractivity contribution in [2.45, 2.75) is 47.2 Å². The molecule has 0 unspecified atom stereocenters. The largest absolute Gasteiger partial charge is 0.308 e. The van der Waals surface area contributed by atoms with Crippen molar-refractivity contribution in [2.75, 3.05) is 0 Å². The zero-order valence-electron chi connectivity index (χ0n) is 13.0. The Morgan fingerprint density at radius 3 is 2.50 bits per heavy atom. The topological polar surface area (TPSA) is 37.8 Å². The Kier molecular flexibility index (Phi) is 4.50. The molecule has 0 aliphatic heterocycles. The molecule has 0 saturated carbocycles. The van der Waals surface area contributed by atoms with Gasteiger partial charge in [0.15, 0.2) is 0 Å². The molecule has 0 radical (unpaired) electrons. The van der Waals surface area contributed by atoms with Gasteiger partial charge in [0.25, 0.3) is 0 Å². The second-order valence-electron chi connectivity index (χ2n) is 5.57. The molecule has 0 spiro atoms. The van der Waals surface area contributed by atoms with Crippen LogP contribution < -0.4 is 5.32 Å². The molecule has 3 heteroatoms. The fourth-order valence-corrected chi connectivity index (χ4v) is 2.16. The normalized spacial score (nSPS) is 11.1. The van der Waals surface area contributed by atoms with Crippen molar-refractivity contribution < 1.29 is 0 Å². The van der Waals surface area contributed by atoms with Gasteiger partial charge < -0.3 is 5.32 Å². The minimum atomic E-state index is 0.436. The van der Waals surface area contributed by atoms with Gasteiger partial charge in [0, 0.05) is 17.8 Å². The maximum absolute atomic E-state index is 4.67. The molecule has 0 bridgehead atoms. The number of rotatable bonds is 4. The van der Waals surface area contributed by atoms with Crippen LogP contribution in [0, 0.1) is 20.8 Å². The molecule has 0 amide bonds. The van der Waals surface area contributed by atoms with Crippen molar-refractivity contribution in [3.63, 3.8) is 0 Å². The van der Waals surface area contributed by atoms with Gasteiger partial charge in [-0.15, -0.1) is 0 Å². The Morgan fingerprint density at radius 1 is 1.05 bits per heavy atom. The van der Waals surface area contributed by atoms with Gasteiger partial charge in [-0.05, 0) is 43.5 Å². The first-order chi connectivity index (χ1) is 9.49. The molecule has 0 atom stereocenters. The lowest BCUT2D eigenvalue weighted by atomic mass is 9.97. The van der Waals surface area contributed by atoms with E-state index in [9.17, 15) is 0 Å². The monoisotopic (exact) mass is 269 g/mol. The Morgan fingerprint density at radius 2 is 1.80 bits per heavy atom. The molecule has 2 rings (SSSR count). The smallest absolute Gasteiger partial charge is 0.142 e. The summed E-state index contributed by atoms with van der Waals surface area (Å²) in [5.41, 5.74) is 6.15. The lowest BCUT2D eigenvalue weighted by Gasteiger charge is -2.12. The summed E-state index contributed by atoms with van der Waals surface area (Å²) >= 11 is 0. The molecule has 0 aliphatic rings. The third-order valence-electron chi connectivity index (χ3n) is 3.71. The number of aryl methyl sites for hydroxylation is 1. The Labute approximate surface area is 121 Å². The molecule has 1 N–H and O–H groups in total. The fourth-order valence-electron chi connectivity index (χ4n) is 2.16. The van der Waals surface area contributed by atoms with Crippen LogP contribution in [0.5, 0.6) is 0 Å². The van der Waals surface area contributed by atoms with E-state index in [0.29, 0.717) is 12.6 Å². The third-order valence-corrected chi connectivity index (χ3v) is 3.71. The molecule has 1 aromatic heterocycles. The van der Waals surface area contributed by atoms with Crippen molar-refractivity contribution in [3.8, 4) is 11.3 Å². The number of benzene rings is 1. The van der Waals surface area contributed by atoms with Gasteiger partial charge in [0.2, 0.25) is 0 Å². The van der Waals surface area contributed by atoms with E-state index in [1.54, 1.807) is 0 Å². The van der Waals surface area contributed by atoms with Gasteiger partial charge in [-0.1, -0.05) is 26.0 Å².